The van der Waals surface area contributed by atoms with E-state index in [0.717, 1.165) is 63.4 Å². The summed E-state index contributed by atoms with van der Waals surface area (Å²) in [6.07, 6.45) is 4.07. The summed E-state index contributed by atoms with van der Waals surface area (Å²) in [7, 11) is 1.65. The van der Waals surface area contributed by atoms with Crippen molar-refractivity contribution >= 4 is 35.8 Å². The number of benzene rings is 1. The molecular formula is C21H35IN4O3. The number of halogens is 1. The Morgan fingerprint density at radius 1 is 1.17 bits per heavy atom. The number of hydrogen-bond acceptors (Lipinski definition) is 4. The van der Waals surface area contributed by atoms with Gasteiger partial charge in [-0.2, -0.15) is 0 Å². The molecule has 2 N–H and O–H groups in total. The van der Waals surface area contributed by atoms with Crippen LogP contribution in [-0.4, -0.2) is 63.2 Å². The van der Waals surface area contributed by atoms with Gasteiger partial charge in [0.2, 0.25) is 5.91 Å². The van der Waals surface area contributed by atoms with E-state index in [0.29, 0.717) is 12.6 Å². The normalized spacial score (nSPS) is 13.6. The van der Waals surface area contributed by atoms with E-state index in [4.69, 9.17) is 9.47 Å². The van der Waals surface area contributed by atoms with Gasteiger partial charge in [-0.1, -0.05) is 6.07 Å². The van der Waals surface area contributed by atoms with Gasteiger partial charge in [-0.15, -0.1) is 24.0 Å². The molecule has 1 aromatic carbocycles. The van der Waals surface area contributed by atoms with Gasteiger partial charge in [0.15, 0.2) is 17.5 Å². The Hall–Kier alpha value is -1.71. The molecule has 1 aliphatic rings. The number of nitrogens with one attached hydrogen (secondary N) is 2. The minimum absolute atomic E-state index is 0. The highest BCUT2D eigenvalue weighted by molar-refractivity contribution is 14.0. The highest BCUT2D eigenvalue weighted by Gasteiger charge is 2.17. The predicted octanol–water partition coefficient (Wildman–Crippen LogP) is 2.82. The van der Waals surface area contributed by atoms with E-state index in [1.807, 2.05) is 30.9 Å². The van der Waals surface area contributed by atoms with Crippen molar-refractivity contribution in [1.82, 2.24) is 15.5 Å². The first kappa shape index (κ1) is 25.3. The molecule has 2 rings (SSSR count). The number of ether oxygens (including phenoxy) is 2. The highest BCUT2D eigenvalue weighted by atomic mass is 127. The zero-order valence-corrected chi connectivity index (χ0v) is 20.2. The molecule has 1 fully saturated rings. The Balaban J connectivity index is 0.00000420. The monoisotopic (exact) mass is 518 g/mol. The molecule has 1 aliphatic heterocycles. The molecule has 0 spiro atoms. The van der Waals surface area contributed by atoms with Gasteiger partial charge in [0.25, 0.3) is 0 Å². The number of guanidine groups is 1. The summed E-state index contributed by atoms with van der Waals surface area (Å²) in [6, 6.07) is 6.05. The number of carbonyl (C=O) groups is 1. The molecule has 164 valence electrons. The largest absolute Gasteiger partial charge is 0.493 e. The summed E-state index contributed by atoms with van der Waals surface area (Å²) in [5.41, 5.74) is 1.21. The molecule has 0 atom stereocenters. The van der Waals surface area contributed by atoms with Gasteiger partial charge < -0.3 is 25.0 Å². The standard InChI is InChI=1S/C21H34N4O3.HI/c1-4-22-21(24-16-20(26)25-13-6-7-14-25)23-12-8-9-17-10-11-18(27-3)19(15-17)28-5-2;/h10-11,15H,4-9,12-14,16H2,1-3H3,(H2,22,23,24);1H. The van der Waals surface area contributed by atoms with E-state index < -0.39 is 0 Å². The minimum atomic E-state index is 0. The summed E-state index contributed by atoms with van der Waals surface area (Å²) in [5.74, 6) is 2.34. The van der Waals surface area contributed by atoms with Crippen LogP contribution in [0.1, 0.15) is 38.7 Å². The molecule has 0 aliphatic carbocycles. The van der Waals surface area contributed by atoms with E-state index >= 15 is 0 Å². The third-order valence-corrected chi connectivity index (χ3v) is 4.64. The lowest BCUT2D eigenvalue weighted by Gasteiger charge is -2.15. The van der Waals surface area contributed by atoms with Crippen LogP contribution in [0.4, 0.5) is 0 Å². The van der Waals surface area contributed by atoms with Crippen molar-refractivity contribution in [2.75, 3.05) is 46.4 Å². The van der Waals surface area contributed by atoms with Gasteiger partial charge in [0, 0.05) is 26.2 Å². The van der Waals surface area contributed by atoms with Crippen molar-refractivity contribution < 1.29 is 14.3 Å². The second-order valence-electron chi connectivity index (χ2n) is 6.73. The number of aryl methyl sites for hydroxylation is 1. The van der Waals surface area contributed by atoms with E-state index in [-0.39, 0.29) is 36.4 Å². The molecule has 0 saturated carbocycles. The van der Waals surface area contributed by atoms with Crippen LogP contribution in [0.5, 0.6) is 11.5 Å². The number of methoxy groups -OCH3 is 1. The van der Waals surface area contributed by atoms with Crippen molar-refractivity contribution in [2.24, 2.45) is 4.99 Å². The maximum Gasteiger partial charge on any atom is 0.244 e. The minimum Gasteiger partial charge on any atom is -0.493 e. The molecule has 0 unspecified atom stereocenters. The molecule has 1 saturated heterocycles. The summed E-state index contributed by atoms with van der Waals surface area (Å²) in [5, 5.41) is 6.51. The van der Waals surface area contributed by atoms with E-state index in [9.17, 15) is 4.79 Å². The third kappa shape index (κ3) is 8.67. The molecule has 29 heavy (non-hydrogen) atoms. The van der Waals surface area contributed by atoms with E-state index in [2.05, 4.69) is 21.7 Å². The number of hydrogen-bond donors (Lipinski definition) is 2. The lowest BCUT2D eigenvalue weighted by atomic mass is 10.1. The zero-order valence-electron chi connectivity index (χ0n) is 17.8. The average molecular weight is 518 g/mol. The van der Waals surface area contributed by atoms with Crippen LogP contribution in [-0.2, 0) is 11.2 Å². The van der Waals surface area contributed by atoms with Crippen LogP contribution in [0, 0.1) is 0 Å². The van der Waals surface area contributed by atoms with Crippen LogP contribution in [0.3, 0.4) is 0 Å². The number of amides is 1. The van der Waals surface area contributed by atoms with Crippen molar-refractivity contribution in [3.05, 3.63) is 23.8 Å². The third-order valence-electron chi connectivity index (χ3n) is 4.64. The second kappa shape index (κ2) is 14.3. The Morgan fingerprint density at radius 2 is 1.93 bits per heavy atom. The SMILES string of the molecule is CCNC(=NCC(=O)N1CCCC1)NCCCc1ccc(OC)c(OCC)c1.I. The maximum absolute atomic E-state index is 12.1. The van der Waals surface area contributed by atoms with Crippen LogP contribution in [0.15, 0.2) is 23.2 Å². The first-order valence-electron chi connectivity index (χ1n) is 10.3. The van der Waals surface area contributed by atoms with Gasteiger partial charge >= 0.3 is 0 Å². The number of aliphatic imine (C=N–C) groups is 1. The van der Waals surface area contributed by atoms with E-state index in [1.54, 1.807) is 7.11 Å². The first-order valence-corrected chi connectivity index (χ1v) is 10.3. The van der Waals surface area contributed by atoms with Crippen LogP contribution in [0.25, 0.3) is 0 Å². The molecule has 1 aromatic rings. The lowest BCUT2D eigenvalue weighted by molar-refractivity contribution is -0.128. The fourth-order valence-electron chi connectivity index (χ4n) is 3.20. The summed E-state index contributed by atoms with van der Waals surface area (Å²) in [4.78, 5) is 18.5. The lowest BCUT2D eigenvalue weighted by Crippen LogP contribution is -2.39. The highest BCUT2D eigenvalue weighted by Crippen LogP contribution is 2.28. The Morgan fingerprint density at radius 3 is 2.59 bits per heavy atom. The van der Waals surface area contributed by atoms with Gasteiger partial charge in [-0.05, 0) is 57.2 Å². The van der Waals surface area contributed by atoms with Gasteiger partial charge in [0.1, 0.15) is 6.54 Å². The number of rotatable bonds is 10. The van der Waals surface area contributed by atoms with Gasteiger partial charge in [0.05, 0.1) is 13.7 Å². The van der Waals surface area contributed by atoms with Crippen molar-refractivity contribution in [2.45, 2.75) is 39.5 Å². The summed E-state index contributed by atoms with van der Waals surface area (Å²) in [6.45, 7) is 8.07. The van der Waals surface area contributed by atoms with Crippen LogP contribution < -0.4 is 20.1 Å². The smallest absolute Gasteiger partial charge is 0.244 e. The molecule has 1 heterocycles. The number of carbonyl (C=O) groups excluding carboxylic acids is 1. The quantitative estimate of drug-likeness (QED) is 0.216. The summed E-state index contributed by atoms with van der Waals surface area (Å²) < 4.78 is 11.0. The van der Waals surface area contributed by atoms with Crippen molar-refractivity contribution in [3.63, 3.8) is 0 Å². The molecular weight excluding hydrogens is 483 g/mol. The second-order valence-corrected chi connectivity index (χ2v) is 6.73. The van der Waals surface area contributed by atoms with Crippen LogP contribution >= 0.6 is 24.0 Å². The molecule has 7 nitrogen and oxygen atoms in total. The van der Waals surface area contributed by atoms with Crippen LogP contribution in [0.2, 0.25) is 0 Å². The Labute approximate surface area is 191 Å². The Bertz CT molecular complexity index is 649. The number of nitrogens with zero attached hydrogens (tertiary/aromatic N) is 2. The maximum atomic E-state index is 12.1. The average Bonchev–Trinajstić information content (AvgIpc) is 3.24. The van der Waals surface area contributed by atoms with E-state index in [1.165, 1.54) is 5.56 Å². The Kier molecular flexibility index (Phi) is 12.5. The topological polar surface area (TPSA) is 75.2 Å². The first-order chi connectivity index (χ1) is 13.7. The number of likely N-dealkylation sites (tertiary alicyclic amines) is 1. The fourth-order valence-corrected chi connectivity index (χ4v) is 3.20. The fraction of sp³-hybridized carbons (Fsp3) is 0.619. The molecule has 8 heteroatoms. The molecule has 0 radical (unpaired) electrons. The van der Waals surface area contributed by atoms with Crippen molar-refractivity contribution in [1.29, 1.82) is 0 Å². The zero-order chi connectivity index (χ0) is 20.2. The van der Waals surface area contributed by atoms with Gasteiger partial charge in [-0.3, -0.25) is 4.79 Å². The molecule has 0 bridgehead atoms. The predicted molar refractivity (Wildman–Crippen MR) is 128 cm³/mol. The molecule has 0 aromatic heterocycles. The molecule has 1 amide bonds. The van der Waals surface area contributed by atoms with Crippen molar-refractivity contribution in [3.8, 4) is 11.5 Å². The van der Waals surface area contributed by atoms with Gasteiger partial charge in [-0.25, -0.2) is 4.99 Å². The summed E-state index contributed by atoms with van der Waals surface area (Å²) >= 11 is 0.